The summed E-state index contributed by atoms with van der Waals surface area (Å²) in [7, 11) is 0. The highest BCUT2D eigenvalue weighted by Gasteiger charge is 2.31. The summed E-state index contributed by atoms with van der Waals surface area (Å²) >= 11 is 0. The Morgan fingerprint density at radius 1 is 1.00 bits per heavy atom. The SMILES string of the molecule is Cc1ccccc1C[NH+]1CC[NH+]([C@H](C)C(=O)NNC(=O)c2ccc(F)cc2)CC1. The third-order valence-corrected chi connectivity index (χ3v) is 5.71. The standard InChI is InChI=1S/C22H27FN4O2/c1-16-5-3-4-6-19(16)15-26-11-13-27(14-12-26)17(2)21(28)24-25-22(29)18-7-9-20(23)10-8-18/h3-10,17H,11-15H2,1-2H3,(H,24,28)(H,25,29)/p+2/t17-/m1/s1. The summed E-state index contributed by atoms with van der Waals surface area (Å²) in [6.45, 7) is 8.84. The van der Waals surface area contributed by atoms with E-state index >= 15 is 0 Å². The van der Waals surface area contributed by atoms with E-state index in [0.717, 1.165) is 32.7 Å². The van der Waals surface area contributed by atoms with Crippen molar-refractivity contribution in [2.75, 3.05) is 26.2 Å². The van der Waals surface area contributed by atoms with E-state index in [0.29, 0.717) is 5.56 Å². The van der Waals surface area contributed by atoms with Crippen LogP contribution in [0, 0.1) is 12.7 Å². The van der Waals surface area contributed by atoms with Crippen LogP contribution in [-0.2, 0) is 11.3 Å². The summed E-state index contributed by atoms with van der Waals surface area (Å²) in [6, 6.07) is 13.4. The molecule has 29 heavy (non-hydrogen) atoms. The second-order valence-corrected chi connectivity index (χ2v) is 7.68. The lowest BCUT2D eigenvalue weighted by atomic mass is 10.1. The Kier molecular flexibility index (Phi) is 6.95. The van der Waals surface area contributed by atoms with Gasteiger partial charge in [0, 0.05) is 11.1 Å². The Morgan fingerprint density at radius 2 is 1.66 bits per heavy atom. The van der Waals surface area contributed by atoms with E-state index in [2.05, 4.69) is 42.0 Å². The molecule has 1 aliphatic heterocycles. The molecule has 2 amide bonds. The molecular weight excluding hydrogens is 371 g/mol. The van der Waals surface area contributed by atoms with E-state index in [4.69, 9.17) is 0 Å². The van der Waals surface area contributed by atoms with Crippen molar-refractivity contribution in [3.05, 3.63) is 71.0 Å². The average molecular weight is 400 g/mol. The second kappa shape index (κ2) is 9.62. The first kappa shape index (κ1) is 21.0. The second-order valence-electron chi connectivity index (χ2n) is 7.68. The molecule has 1 atom stereocenters. The summed E-state index contributed by atoms with van der Waals surface area (Å²) < 4.78 is 12.9. The molecule has 0 spiro atoms. The lowest BCUT2D eigenvalue weighted by Gasteiger charge is -2.32. The van der Waals surface area contributed by atoms with Crippen molar-refractivity contribution in [3.8, 4) is 0 Å². The molecule has 0 aromatic heterocycles. The number of rotatable bonds is 5. The Balaban J connectivity index is 1.44. The molecule has 2 aromatic rings. The van der Waals surface area contributed by atoms with Gasteiger partial charge in [-0.15, -0.1) is 0 Å². The largest absolute Gasteiger partial charge is 0.322 e. The number of piperazine rings is 1. The lowest BCUT2D eigenvalue weighted by Crippen LogP contribution is -3.29. The van der Waals surface area contributed by atoms with Gasteiger partial charge in [-0.25, -0.2) is 4.39 Å². The number of carbonyl (C=O) groups is 2. The molecule has 7 heteroatoms. The molecule has 3 rings (SSSR count). The van der Waals surface area contributed by atoms with Crippen LogP contribution in [0.5, 0.6) is 0 Å². The van der Waals surface area contributed by atoms with E-state index < -0.39 is 11.7 Å². The fraction of sp³-hybridized carbons (Fsp3) is 0.364. The van der Waals surface area contributed by atoms with Gasteiger partial charge in [-0.1, -0.05) is 24.3 Å². The average Bonchev–Trinajstić information content (AvgIpc) is 2.74. The van der Waals surface area contributed by atoms with Crippen LogP contribution < -0.4 is 20.7 Å². The monoisotopic (exact) mass is 400 g/mol. The number of halogens is 1. The fourth-order valence-corrected chi connectivity index (χ4v) is 3.70. The molecule has 1 saturated heterocycles. The molecule has 0 unspecified atom stereocenters. The van der Waals surface area contributed by atoms with Gasteiger partial charge in [0.25, 0.3) is 11.8 Å². The topological polar surface area (TPSA) is 67.1 Å². The predicted octanol–water partition coefficient (Wildman–Crippen LogP) is -0.733. The van der Waals surface area contributed by atoms with E-state index in [1.165, 1.54) is 45.2 Å². The molecule has 6 nitrogen and oxygen atoms in total. The van der Waals surface area contributed by atoms with Gasteiger partial charge in [0.05, 0.1) is 0 Å². The van der Waals surface area contributed by atoms with E-state index in [1.54, 1.807) is 0 Å². The van der Waals surface area contributed by atoms with Crippen molar-refractivity contribution >= 4 is 11.8 Å². The van der Waals surface area contributed by atoms with Gasteiger partial charge >= 0.3 is 0 Å². The van der Waals surface area contributed by atoms with E-state index in [9.17, 15) is 14.0 Å². The van der Waals surface area contributed by atoms with E-state index in [1.807, 2.05) is 6.92 Å². The van der Waals surface area contributed by atoms with E-state index in [-0.39, 0.29) is 11.9 Å². The third-order valence-electron chi connectivity index (χ3n) is 5.71. The maximum atomic E-state index is 12.9. The van der Waals surface area contributed by atoms with Crippen LogP contribution >= 0.6 is 0 Å². The number of hydrogen-bond acceptors (Lipinski definition) is 2. The molecule has 4 N–H and O–H groups in total. The molecule has 154 valence electrons. The molecule has 1 aliphatic rings. The molecule has 0 radical (unpaired) electrons. The van der Waals surface area contributed by atoms with Crippen molar-refractivity contribution in [3.63, 3.8) is 0 Å². The Morgan fingerprint density at radius 3 is 2.31 bits per heavy atom. The van der Waals surface area contributed by atoms with Crippen LogP contribution in [0.3, 0.4) is 0 Å². The van der Waals surface area contributed by atoms with Crippen LogP contribution in [0.25, 0.3) is 0 Å². The van der Waals surface area contributed by atoms with Gasteiger partial charge in [-0.2, -0.15) is 0 Å². The molecule has 1 fully saturated rings. The first-order valence-corrected chi connectivity index (χ1v) is 10.0. The summed E-state index contributed by atoms with van der Waals surface area (Å²) in [5.41, 5.74) is 7.88. The number of nitrogens with one attached hydrogen (secondary N) is 4. The molecule has 0 aliphatic carbocycles. The van der Waals surface area contributed by atoms with Crippen LogP contribution in [0.15, 0.2) is 48.5 Å². The van der Waals surface area contributed by atoms with Gasteiger partial charge in [0.2, 0.25) is 0 Å². The van der Waals surface area contributed by atoms with Gasteiger partial charge in [-0.05, 0) is 43.7 Å². The van der Waals surface area contributed by atoms with Crippen LogP contribution in [0.2, 0.25) is 0 Å². The minimum Gasteiger partial charge on any atom is -0.322 e. The highest BCUT2D eigenvalue weighted by molar-refractivity contribution is 5.95. The van der Waals surface area contributed by atoms with Crippen LogP contribution in [0.4, 0.5) is 4.39 Å². The summed E-state index contributed by atoms with van der Waals surface area (Å²) in [4.78, 5) is 27.2. The van der Waals surface area contributed by atoms with Gasteiger partial charge in [-0.3, -0.25) is 20.4 Å². The molecular formula is C22H29FN4O2+2. The Labute approximate surface area is 170 Å². The van der Waals surface area contributed by atoms with Crippen molar-refractivity contribution in [2.45, 2.75) is 26.4 Å². The first-order chi connectivity index (χ1) is 13.9. The summed E-state index contributed by atoms with van der Waals surface area (Å²) in [6.07, 6.45) is 0. The maximum absolute atomic E-state index is 12.9. The number of quaternary nitrogens is 2. The number of carbonyl (C=O) groups excluding carboxylic acids is 2. The third kappa shape index (κ3) is 5.62. The summed E-state index contributed by atoms with van der Waals surface area (Å²) in [5.74, 6) is -1.10. The summed E-state index contributed by atoms with van der Waals surface area (Å²) in [5, 5.41) is 0. The van der Waals surface area contributed by atoms with Crippen molar-refractivity contribution in [1.82, 2.24) is 10.9 Å². The zero-order chi connectivity index (χ0) is 20.8. The number of hydrogen-bond donors (Lipinski definition) is 4. The normalized spacial score (nSPS) is 20.0. The number of amides is 2. The minimum absolute atomic E-state index is 0.224. The number of aryl methyl sites for hydroxylation is 1. The van der Waals surface area contributed by atoms with Crippen molar-refractivity contribution < 1.29 is 23.8 Å². The fourth-order valence-electron chi connectivity index (χ4n) is 3.70. The molecule has 2 aromatic carbocycles. The van der Waals surface area contributed by atoms with Gasteiger partial charge < -0.3 is 9.80 Å². The maximum Gasteiger partial charge on any atom is 0.296 e. The van der Waals surface area contributed by atoms with Crippen LogP contribution in [0.1, 0.15) is 28.4 Å². The van der Waals surface area contributed by atoms with Crippen molar-refractivity contribution in [1.29, 1.82) is 0 Å². The molecule has 0 saturated carbocycles. The van der Waals surface area contributed by atoms with Gasteiger partial charge in [0.1, 0.15) is 38.5 Å². The highest BCUT2D eigenvalue weighted by atomic mass is 19.1. The molecule has 1 heterocycles. The zero-order valence-corrected chi connectivity index (χ0v) is 16.9. The Bertz CT molecular complexity index is 848. The van der Waals surface area contributed by atoms with Crippen LogP contribution in [-0.4, -0.2) is 44.0 Å². The quantitative estimate of drug-likeness (QED) is 0.500. The predicted molar refractivity (Wildman–Crippen MR) is 108 cm³/mol. The molecule has 0 bridgehead atoms. The first-order valence-electron chi connectivity index (χ1n) is 10.0. The number of benzene rings is 2. The van der Waals surface area contributed by atoms with Gasteiger partial charge in [0.15, 0.2) is 6.04 Å². The number of hydrazine groups is 1. The smallest absolute Gasteiger partial charge is 0.296 e. The Hall–Kier alpha value is -2.77. The minimum atomic E-state index is -0.465. The zero-order valence-electron chi connectivity index (χ0n) is 16.9. The van der Waals surface area contributed by atoms with Crippen molar-refractivity contribution in [2.24, 2.45) is 0 Å². The lowest BCUT2D eigenvalue weighted by molar-refractivity contribution is -1.02. The highest BCUT2D eigenvalue weighted by Crippen LogP contribution is 2.04.